The monoisotopic (exact) mass is 295 g/mol. The summed E-state index contributed by atoms with van der Waals surface area (Å²) in [5.41, 5.74) is 3.94. The van der Waals surface area contributed by atoms with E-state index in [1.165, 1.54) is 0 Å². The summed E-state index contributed by atoms with van der Waals surface area (Å²) >= 11 is 0. The fourth-order valence-corrected chi connectivity index (χ4v) is 3.11. The first-order chi connectivity index (χ1) is 10.7. The molecule has 0 saturated heterocycles. The van der Waals surface area contributed by atoms with Gasteiger partial charge in [-0.15, -0.1) is 0 Å². The third-order valence-electron chi connectivity index (χ3n) is 4.24. The number of rotatable bonds is 2. The summed E-state index contributed by atoms with van der Waals surface area (Å²) in [5.74, 6) is 0.984. The Kier molecular flexibility index (Phi) is 2.96. The molecule has 22 heavy (non-hydrogen) atoms. The van der Waals surface area contributed by atoms with Crippen LogP contribution in [0.25, 0.3) is 10.9 Å². The fraction of sp³-hybridized carbons (Fsp3) is 0.312. The van der Waals surface area contributed by atoms with Gasteiger partial charge in [0.25, 0.3) is 0 Å². The zero-order valence-electron chi connectivity index (χ0n) is 12.3. The number of fused-ring (bicyclic) bond motifs is 2. The number of amides is 1. The van der Waals surface area contributed by atoms with E-state index < -0.39 is 0 Å². The van der Waals surface area contributed by atoms with Gasteiger partial charge in [-0.2, -0.15) is 5.10 Å². The number of aromatic nitrogens is 4. The van der Waals surface area contributed by atoms with Crippen molar-refractivity contribution in [2.45, 2.75) is 26.2 Å². The highest BCUT2D eigenvalue weighted by atomic mass is 16.1. The average molecular weight is 295 g/mol. The first-order valence-electron chi connectivity index (χ1n) is 7.47. The van der Waals surface area contributed by atoms with Gasteiger partial charge >= 0.3 is 0 Å². The van der Waals surface area contributed by atoms with Gasteiger partial charge in [0.05, 0.1) is 17.4 Å². The Morgan fingerprint density at radius 2 is 2.32 bits per heavy atom. The van der Waals surface area contributed by atoms with Gasteiger partial charge in [0, 0.05) is 29.1 Å². The molecule has 0 radical (unpaired) electrons. The number of carbonyl (C=O) groups excluding carboxylic acids is 1. The predicted octanol–water partition coefficient (Wildman–Crippen LogP) is 2.34. The Bertz CT molecular complexity index is 847. The van der Waals surface area contributed by atoms with Gasteiger partial charge in [-0.3, -0.25) is 9.89 Å². The standard InChI is InChI=1S/C16H17N5O/c1-9-18-13-5-3-10(6-15(13)19-9)16(22)20-12-4-2-11-8-17-21-14(11)7-12/h2,4,7-8,10H,3,5-6H2,1H3,(H,17,21)(H,18,19)(H,20,22). The van der Waals surface area contributed by atoms with Crippen LogP contribution in [0.4, 0.5) is 5.69 Å². The first kappa shape index (κ1) is 13.1. The lowest BCUT2D eigenvalue weighted by Crippen LogP contribution is -2.28. The number of aryl methyl sites for hydroxylation is 2. The van der Waals surface area contributed by atoms with Gasteiger partial charge in [-0.05, 0) is 38.0 Å². The molecular formula is C16H17N5O. The molecule has 1 aliphatic rings. The number of benzene rings is 1. The van der Waals surface area contributed by atoms with E-state index in [1.54, 1.807) is 6.20 Å². The summed E-state index contributed by atoms with van der Waals surface area (Å²) < 4.78 is 0. The largest absolute Gasteiger partial charge is 0.346 e. The van der Waals surface area contributed by atoms with E-state index >= 15 is 0 Å². The number of anilines is 1. The summed E-state index contributed by atoms with van der Waals surface area (Å²) in [6.45, 7) is 1.95. The number of nitrogens with one attached hydrogen (secondary N) is 3. The molecule has 0 aliphatic heterocycles. The van der Waals surface area contributed by atoms with Crippen molar-refractivity contribution in [1.29, 1.82) is 0 Å². The molecule has 0 spiro atoms. The molecule has 0 fully saturated rings. The van der Waals surface area contributed by atoms with Crippen molar-refractivity contribution >= 4 is 22.5 Å². The van der Waals surface area contributed by atoms with Gasteiger partial charge < -0.3 is 10.3 Å². The minimum atomic E-state index is -0.00943. The van der Waals surface area contributed by atoms with Crippen LogP contribution in [0.2, 0.25) is 0 Å². The summed E-state index contributed by atoms with van der Waals surface area (Å²) in [6, 6.07) is 5.77. The molecule has 6 heteroatoms. The quantitative estimate of drug-likeness (QED) is 0.678. The van der Waals surface area contributed by atoms with E-state index in [2.05, 4.69) is 25.5 Å². The van der Waals surface area contributed by atoms with E-state index in [0.717, 1.165) is 53.1 Å². The molecule has 0 saturated carbocycles. The molecule has 0 bridgehead atoms. The van der Waals surface area contributed by atoms with Gasteiger partial charge in [0.15, 0.2) is 0 Å². The number of aromatic amines is 2. The van der Waals surface area contributed by atoms with Crippen molar-refractivity contribution in [3.05, 3.63) is 41.6 Å². The van der Waals surface area contributed by atoms with Crippen LogP contribution in [0.5, 0.6) is 0 Å². The number of H-pyrrole nitrogens is 2. The van der Waals surface area contributed by atoms with Crippen LogP contribution in [0.15, 0.2) is 24.4 Å². The lowest BCUT2D eigenvalue weighted by molar-refractivity contribution is -0.120. The fourth-order valence-electron chi connectivity index (χ4n) is 3.11. The number of imidazole rings is 1. The van der Waals surface area contributed by atoms with Crippen molar-refractivity contribution in [2.24, 2.45) is 5.92 Å². The second-order valence-electron chi connectivity index (χ2n) is 5.85. The zero-order chi connectivity index (χ0) is 15.1. The van der Waals surface area contributed by atoms with E-state index in [0.29, 0.717) is 0 Å². The van der Waals surface area contributed by atoms with Crippen LogP contribution in [0, 0.1) is 12.8 Å². The summed E-state index contributed by atoms with van der Waals surface area (Å²) in [6.07, 6.45) is 4.20. The molecule has 2 aromatic heterocycles. The SMILES string of the molecule is Cc1nc2c([nH]1)CC(C(=O)Nc1ccc3cn[nH]c3c1)CC2. The summed E-state index contributed by atoms with van der Waals surface area (Å²) in [5, 5.41) is 10.9. The molecule has 3 N–H and O–H groups in total. The number of carbonyl (C=O) groups is 1. The van der Waals surface area contributed by atoms with Crippen molar-refractivity contribution in [3.63, 3.8) is 0 Å². The maximum Gasteiger partial charge on any atom is 0.227 e. The average Bonchev–Trinajstić information content (AvgIpc) is 3.10. The van der Waals surface area contributed by atoms with E-state index in [1.807, 2.05) is 25.1 Å². The smallest absolute Gasteiger partial charge is 0.227 e. The summed E-state index contributed by atoms with van der Waals surface area (Å²) in [4.78, 5) is 20.2. The van der Waals surface area contributed by atoms with Crippen molar-refractivity contribution in [1.82, 2.24) is 20.2 Å². The minimum absolute atomic E-state index is 0.00943. The van der Waals surface area contributed by atoms with Crippen molar-refractivity contribution in [2.75, 3.05) is 5.32 Å². The molecule has 112 valence electrons. The zero-order valence-corrected chi connectivity index (χ0v) is 12.3. The maximum absolute atomic E-state index is 12.5. The van der Waals surface area contributed by atoms with Crippen LogP contribution in [-0.4, -0.2) is 26.1 Å². The van der Waals surface area contributed by atoms with Gasteiger partial charge in [-0.1, -0.05) is 0 Å². The lowest BCUT2D eigenvalue weighted by atomic mass is 9.89. The second kappa shape index (κ2) is 4.98. The van der Waals surface area contributed by atoms with E-state index in [9.17, 15) is 4.79 Å². The maximum atomic E-state index is 12.5. The third-order valence-corrected chi connectivity index (χ3v) is 4.24. The highest BCUT2D eigenvalue weighted by molar-refractivity contribution is 5.95. The van der Waals surface area contributed by atoms with Crippen LogP contribution in [-0.2, 0) is 17.6 Å². The van der Waals surface area contributed by atoms with Crippen LogP contribution < -0.4 is 5.32 Å². The van der Waals surface area contributed by atoms with E-state index in [4.69, 9.17) is 0 Å². The van der Waals surface area contributed by atoms with Crippen LogP contribution in [0.3, 0.4) is 0 Å². The number of hydrogen-bond donors (Lipinski definition) is 3. The molecule has 1 amide bonds. The highest BCUT2D eigenvalue weighted by Gasteiger charge is 2.26. The molecule has 1 unspecified atom stereocenters. The Morgan fingerprint density at radius 1 is 1.41 bits per heavy atom. The van der Waals surface area contributed by atoms with Gasteiger partial charge in [0.2, 0.25) is 5.91 Å². The lowest BCUT2D eigenvalue weighted by Gasteiger charge is -2.20. The molecule has 4 rings (SSSR count). The predicted molar refractivity (Wildman–Crippen MR) is 83.6 cm³/mol. The Balaban J connectivity index is 1.50. The van der Waals surface area contributed by atoms with Crippen LogP contribution >= 0.6 is 0 Å². The molecular weight excluding hydrogens is 278 g/mol. The Hall–Kier alpha value is -2.63. The number of hydrogen-bond acceptors (Lipinski definition) is 3. The molecule has 2 heterocycles. The Labute approximate surface area is 127 Å². The molecule has 3 aromatic rings. The number of nitrogens with zero attached hydrogens (tertiary/aromatic N) is 2. The van der Waals surface area contributed by atoms with Crippen LogP contribution in [0.1, 0.15) is 23.6 Å². The first-order valence-corrected chi connectivity index (χ1v) is 7.47. The normalized spacial score (nSPS) is 17.4. The second-order valence-corrected chi connectivity index (χ2v) is 5.85. The summed E-state index contributed by atoms with van der Waals surface area (Å²) in [7, 11) is 0. The third kappa shape index (κ3) is 2.26. The van der Waals surface area contributed by atoms with E-state index in [-0.39, 0.29) is 11.8 Å². The van der Waals surface area contributed by atoms with Gasteiger partial charge in [0.1, 0.15) is 5.82 Å². The Morgan fingerprint density at radius 3 is 3.23 bits per heavy atom. The van der Waals surface area contributed by atoms with Gasteiger partial charge in [-0.25, -0.2) is 4.98 Å². The molecule has 1 aliphatic carbocycles. The highest BCUT2D eigenvalue weighted by Crippen LogP contribution is 2.25. The van der Waals surface area contributed by atoms with Crippen molar-refractivity contribution < 1.29 is 4.79 Å². The van der Waals surface area contributed by atoms with Crippen molar-refractivity contribution in [3.8, 4) is 0 Å². The molecule has 1 aromatic carbocycles. The molecule has 1 atom stereocenters. The molecule has 6 nitrogen and oxygen atoms in total. The minimum Gasteiger partial charge on any atom is -0.346 e. The topological polar surface area (TPSA) is 86.5 Å².